The highest BCUT2D eigenvalue weighted by Crippen LogP contribution is 2.13. The van der Waals surface area contributed by atoms with Crippen LogP contribution in [0.5, 0.6) is 0 Å². The van der Waals surface area contributed by atoms with Crippen molar-refractivity contribution in [2.75, 3.05) is 6.54 Å². The molecule has 1 aromatic heterocycles. The van der Waals surface area contributed by atoms with Crippen molar-refractivity contribution in [2.45, 2.75) is 33.3 Å². The molecule has 0 aliphatic carbocycles. The van der Waals surface area contributed by atoms with E-state index in [4.69, 9.17) is 9.63 Å². The Kier molecular flexibility index (Phi) is 3.85. The van der Waals surface area contributed by atoms with E-state index < -0.39 is 6.10 Å². The van der Waals surface area contributed by atoms with E-state index in [1.54, 1.807) is 13.8 Å². The molecule has 1 rings (SSSR count). The Morgan fingerprint density at radius 2 is 2.33 bits per heavy atom. The zero-order valence-electron chi connectivity index (χ0n) is 9.20. The van der Waals surface area contributed by atoms with Crippen molar-refractivity contribution in [3.63, 3.8) is 0 Å². The molecule has 1 amide bonds. The molecule has 5 nitrogen and oxygen atoms in total. The fourth-order valence-corrected chi connectivity index (χ4v) is 1.28. The van der Waals surface area contributed by atoms with Gasteiger partial charge in [0.2, 0.25) is 0 Å². The molecule has 5 heteroatoms. The molecule has 0 fully saturated rings. The molecule has 0 spiro atoms. The maximum Gasteiger partial charge on any atom is 0.256 e. The van der Waals surface area contributed by atoms with Crippen LogP contribution in [0.3, 0.4) is 0 Å². The van der Waals surface area contributed by atoms with Gasteiger partial charge < -0.3 is 14.9 Å². The van der Waals surface area contributed by atoms with Gasteiger partial charge in [0, 0.05) is 6.54 Å². The monoisotopic (exact) mass is 212 g/mol. The molecule has 0 aromatic carbocycles. The summed E-state index contributed by atoms with van der Waals surface area (Å²) in [6.45, 7) is 5.44. The maximum atomic E-state index is 11.7. The second-order valence-electron chi connectivity index (χ2n) is 3.47. The molecule has 1 aromatic rings. The summed E-state index contributed by atoms with van der Waals surface area (Å²) in [5.74, 6) is 0.265. The fourth-order valence-electron chi connectivity index (χ4n) is 1.28. The summed E-state index contributed by atoms with van der Waals surface area (Å²) in [5.41, 5.74) is 1.13. The molecule has 0 unspecified atom stereocenters. The van der Waals surface area contributed by atoms with Gasteiger partial charge >= 0.3 is 0 Å². The molecule has 1 atom stereocenters. The van der Waals surface area contributed by atoms with E-state index in [1.165, 1.54) is 0 Å². The van der Waals surface area contributed by atoms with Gasteiger partial charge in [-0.15, -0.1) is 0 Å². The van der Waals surface area contributed by atoms with Crippen molar-refractivity contribution in [1.82, 2.24) is 10.5 Å². The van der Waals surface area contributed by atoms with Crippen LogP contribution >= 0.6 is 0 Å². The lowest BCUT2D eigenvalue weighted by atomic mass is 10.1. The van der Waals surface area contributed by atoms with E-state index >= 15 is 0 Å². The summed E-state index contributed by atoms with van der Waals surface area (Å²) >= 11 is 0. The number of aliphatic hydroxyl groups is 1. The molecule has 0 aliphatic heterocycles. The zero-order valence-corrected chi connectivity index (χ0v) is 9.20. The quantitative estimate of drug-likeness (QED) is 0.768. The molecular weight excluding hydrogens is 196 g/mol. The number of nitrogens with zero attached hydrogens (tertiary/aromatic N) is 1. The summed E-state index contributed by atoms with van der Waals surface area (Å²) in [6.07, 6.45) is 0.0913. The zero-order chi connectivity index (χ0) is 11.4. The number of hydrogen-bond acceptors (Lipinski definition) is 4. The SMILES string of the molecule is CCc1noc(C)c1C(=O)NC[C@@H](C)O. The Bertz CT molecular complexity index is 344. The average molecular weight is 212 g/mol. The number of aliphatic hydroxyl groups excluding tert-OH is 1. The van der Waals surface area contributed by atoms with Crippen LogP contribution in [0.2, 0.25) is 0 Å². The van der Waals surface area contributed by atoms with Crippen LogP contribution in [-0.2, 0) is 6.42 Å². The van der Waals surface area contributed by atoms with Crippen LogP contribution in [0.4, 0.5) is 0 Å². The molecule has 0 radical (unpaired) electrons. The van der Waals surface area contributed by atoms with Gasteiger partial charge in [-0.1, -0.05) is 12.1 Å². The van der Waals surface area contributed by atoms with E-state index in [0.717, 1.165) is 0 Å². The first kappa shape index (κ1) is 11.7. The van der Waals surface area contributed by atoms with E-state index in [1.807, 2.05) is 6.92 Å². The Labute approximate surface area is 88.5 Å². The lowest BCUT2D eigenvalue weighted by molar-refractivity contribution is 0.0921. The topological polar surface area (TPSA) is 75.4 Å². The number of amides is 1. The van der Waals surface area contributed by atoms with Crippen LogP contribution in [0.15, 0.2) is 4.52 Å². The number of aromatic nitrogens is 1. The summed E-state index contributed by atoms with van der Waals surface area (Å²) in [4.78, 5) is 11.7. The number of rotatable bonds is 4. The molecule has 15 heavy (non-hydrogen) atoms. The molecule has 0 saturated carbocycles. The van der Waals surface area contributed by atoms with E-state index in [9.17, 15) is 4.79 Å². The normalized spacial score (nSPS) is 12.5. The Hall–Kier alpha value is -1.36. The predicted molar refractivity (Wildman–Crippen MR) is 54.6 cm³/mol. The van der Waals surface area contributed by atoms with Crippen LogP contribution in [0.1, 0.15) is 35.7 Å². The van der Waals surface area contributed by atoms with Crippen LogP contribution < -0.4 is 5.32 Å². The molecule has 84 valence electrons. The highest BCUT2D eigenvalue weighted by molar-refractivity contribution is 5.96. The van der Waals surface area contributed by atoms with Crippen molar-refractivity contribution in [2.24, 2.45) is 0 Å². The van der Waals surface area contributed by atoms with E-state index in [-0.39, 0.29) is 12.5 Å². The van der Waals surface area contributed by atoms with Crippen molar-refractivity contribution in [1.29, 1.82) is 0 Å². The van der Waals surface area contributed by atoms with Crippen molar-refractivity contribution in [3.8, 4) is 0 Å². The Morgan fingerprint density at radius 3 is 2.87 bits per heavy atom. The van der Waals surface area contributed by atoms with Gasteiger partial charge in [-0.05, 0) is 20.3 Å². The third-order valence-corrected chi connectivity index (χ3v) is 2.05. The van der Waals surface area contributed by atoms with Gasteiger partial charge in [0.15, 0.2) is 0 Å². The third kappa shape index (κ3) is 2.79. The fraction of sp³-hybridized carbons (Fsp3) is 0.600. The van der Waals surface area contributed by atoms with E-state index in [2.05, 4.69) is 10.5 Å². The maximum absolute atomic E-state index is 11.7. The Morgan fingerprint density at radius 1 is 1.67 bits per heavy atom. The second kappa shape index (κ2) is 4.93. The van der Waals surface area contributed by atoms with Gasteiger partial charge in [-0.2, -0.15) is 0 Å². The molecule has 1 heterocycles. The number of nitrogens with one attached hydrogen (secondary N) is 1. The highest BCUT2D eigenvalue weighted by atomic mass is 16.5. The van der Waals surface area contributed by atoms with Gasteiger partial charge in [0.05, 0.1) is 11.8 Å². The molecule has 0 aliphatic rings. The second-order valence-corrected chi connectivity index (χ2v) is 3.47. The number of carbonyl (C=O) groups excluding carboxylic acids is 1. The molecule has 0 saturated heterocycles. The molecule has 0 bridgehead atoms. The van der Waals surface area contributed by atoms with Crippen molar-refractivity contribution in [3.05, 3.63) is 17.0 Å². The molecule has 2 N–H and O–H groups in total. The number of carbonyl (C=O) groups is 1. The standard InChI is InChI=1S/C10H16N2O3/c1-4-8-9(7(3)15-12-8)10(14)11-5-6(2)13/h6,13H,4-5H2,1-3H3,(H,11,14)/t6-/m1/s1. The largest absolute Gasteiger partial charge is 0.392 e. The Balaban J connectivity index is 2.76. The number of hydrogen-bond donors (Lipinski definition) is 2. The van der Waals surface area contributed by atoms with Gasteiger partial charge in [0.1, 0.15) is 11.3 Å². The minimum absolute atomic E-state index is 0.229. The van der Waals surface area contributed by atoms with Crippen LogP contribution in [0, 0.1) is 6.92 Å². The lowest BCUT2D eigenvalue weighted by Gasteiger charge is -2.06. The first-order chi connectivity index (χ1) is 7.06. The van der Waals surface area contributed by atoms with Gasteiger partial charge in [0.25, 0.3) is 5.91 Å². The first-order valence-electron chi connectivity index (χ1n) is 4.97. The molecular formula is C10H16N2O3. The average Bonchev–Trinajstić information content (AvgIpc) is 2.56. The highest BCUT2D eigenvalue weighted by Gasteiger charge is 2.18. The number of aryl methyl sites for hydroxylation is 2. The summed E-state index contributed by atoms with van der Waals surface area (Å²) in [7, 11) is 0. The third-order valence-electron chi connectivity index (χ3n) is 2.05. The predicted octanol–water partition coefficient (Wildman–Crippen LogP) is 0.656. The first-order valence-corrected chi connectivity index (χ1v) is 4.97. The minimum atomic E-state index is -0.556. The van der Waals surface area contributed by atoms with E-state index in [0.29, 0.717) is 23.4 Å². The summed E-state index contributed by atoms with van der Waals surface area (Å²) < 4.78 is 4.94. The van der Waals surface area contributed by atoms with Gasteiger partial charge in [-0.3, -0.25) is 4.79 Å². The van der Waals surface area contributed by atoms with Crippen molar-refractivity contribution >= 4 is 5.91 Å². The van der Waals surface area contributed by atoms with Gasteiger partial charge in [-0.25, -0.2) is 0 Å². The lowest BCUT2D eigenvalue weighted by Crippen LogP contribution is -2.31. The minimum Gasteiger partial charge on any atom is -0.392 e. The van der Waals surface area contributed by atoms with Crippen molar-refractivity contribution < 1.29 is 14.4 Å². The summed E-state index contributed by atoms with van der Waals surface area (Å²) in [6, 6.07) is 0. The van der Waals surface area contributed by atoms with Crippen LogP contribution in [-0.4, -0.2) is 28.8 Å². The van der Waals surface area contributed by atoms with Crippen LogP contribution in [0.25, 0.3) is 0 Å². The summed E-state index contributed by atoms with van der Waals surface area (Å²) in [5, 5.41) is 15.4. The smallest absolute Gasteiger partial charge is 0.256 e.